The largest absolute Gasteiger partial charge is 0.497 e. The molecule has 24 heavy (non-hydrogen) atoms. The molecule has 0 radical (unpaired) electrons. The number of methoxy groups -OCH3 is 1. The van der Waals surface area contributed by atoms with Crippen molar-refractivity contribution < 1.29 is 9.47 Å². The zero-order valence-electron chi connectivity index (χ0n) is 14.0. The Morgan fingerprint density at radius 1 is 1.00 bits per heavy atom. The number of nitrogens with one attached hydrogen (secondary N) is 1. The molecule has 0 aliphatic rings. The number of ether oxygens (including phenoxy) is 2. The lowest BCUT2D eigenvalue weighted by atomic mass is 10.1. The summed E-state index contributed by atoms with van der Waals surface area (Å²) in [6.07, 6.45) is 0. The van der Waals surface area contributed by atoms with Gasteiger partial charge in [0.25, 0.3) is 0 Å². The summed E-state index contributed by atoms with van der Waals surface area (Å²) < 4.78 is 10.8. The summed E-state index contributed by atoms with van der Waals surface area (Å²) in [5.74, 6) is 1.69. The first kappa shape index (κ1) is 17.9. The van der Waals surface area contributed by atoms with Crippen LogP contribution in [-0.2, 0) is 0 Å². The quantitative estimate of drug-likeness (QED) is 0.698. The van der Waals surface area contributed by atoms with Gasteiger partial charge in [-0.05, 0) is 62.4 Å². The Bertz CT molecular complexity index is 819. The van der Waals surface area contributed by atoms with E-state index in [2.05, 4.69) is 10.3 Å². The molecule has 4 nitrogen and oxygen atoms in total. The van der Waals surface area contributed by atoms with Crippen LogP contribution in [0.5, 0.6) is 11.5 Å². The fourth-order valence-corrected chi connectivity index (χ4v) is 2.53. The van der Waals surface area contributed by atoms with Crippen molar-refractivity contribution >= 4 is 34.7 Å². The van der Waals surface area contributed by atoms with E-state index in [0.717, 1.165) is 39.5 Å². The first-order chi connectivity index (χ1) is 11.2. The van der Waals surface area contributed by atoms with Crippen molar-refractivity contribution in [2.45, 2.75) is 13.8 Å². The van der Waals surface area contributed by atoms with Gasteiger partial charge in [0.05, 0.1) is 19.2 Å². The fourth-order valence-electron chi connectivity index (χ4n) is 2.53. The zero-order chi connectivity index (χ0) is 16.2. The second-order valence-corrected chi connectivity index (χ2v) is 5.28. The van der Waals surface area contributed by atoms with E-state index >= 15 is 0 Å². The van der Waals surface area contributed by atoms with Crippen molar-refractivity contribution in [1.82, 2.24) is 4.98 Å². The summed E-state index contributed by atoms with van der Waals surface area (Å²) in [6.45, 7) is 4.62. The van der Waals surface area contributed by atoms with Crippen LogP contribution < -0.4 is 14.8 Å². The van der Waals surface area contributed by atoms with E-state index in [1.807, 2.05) is 62.4 Å². The maximum absolute atomic E-state index is 5.61. The fraction of sp³-hybridized carbons (Fsp3) is 0.211. The third kappa shape index (κ3) is 3.89. The number of pyridine rings is 1. The summed E-state index contributed by atoms with van der Waals surface area (Å²) in [5, 5.41) is 4.50. The minimum absolute atomic E-state index is 0. The molecule has 0 unspecified atom stereocenters. The summed E-state index contributed by atoms with van der Waals surface area (Å²) in [4.78, 5) is 4.59. The number of aryl methyl sites for hydroxylation is 1. The molecule has 0 bridgehead atoms. The van der Waals surface area contributed by atoms with Gasteiger partial charge in [-0.3, -0.25) is 4.98 Å². The maximum atomic E-state index is 5.61. The molecule has 0 amide bonds. The number of fused-ring (bicyclic) bond motifs is 1. The van der Waals surface area contributed by atoms with Gasteiger partial charge in [-0.25, -0.2) is 0 Å². The molecule has 5 heteroatoms. The Labute approximate surface area is 148 Å². The van der Waals surface area contributed by atoms with E-state index in [1.54, 1.807) is 7.11 Å². The number of benzene rings is 2. The van der Waals surface area contributed by atoms with E-state index in [1.165, 1.54) is 0 Å². The molecular weight excluding hydrogens is 324 g/mol. The molecule has 1 heterocycles. The van der Waals surface area contributed by atoms with Crippen molar-refractivity contribution in [3.8, 4) is 11.5 Å². The van der Waals surface area contributed by atoms with Crippen molar-refractivity contribution in [1.29, 1.82) is 0 Å². The monoisotopic (exact) mass is 344 g/mol. The van der Waals surface area contributed by atoms with Crippen LogP contribution in [0, 0.1) is 6.92 Å². The molecule has 0 saturated heterocycles. The summed E-state index contributed by atoms with van der Waals surface area (Å²) in [7, 11) is 1.66. The topological polar surface area (TPSA) is 43.4 Å². The summed E-state index contributed by atoms with van der Waals surface area (Å²) >= 11 is 0. The van der Waals surface area contributed by atoms with Crippen LogP contribution in [0.1, 0.15) is 12.6 Å². The Morgan fingerprint density at radius 3 is 2.38 bits per heavy atom. The van der Waals surface area contributed by atoms with Crippen molar-refractivity contribution in [2.75, 3.05) is 19.0 Å². The second kappa shape index (κ2) is 7.88. The maximum Gasteiger partial charge on any atom is 0.120 e. The van der Waals surface area contributed by atoms with E-state index in [-0.39, 0.29) is 12.4 Å². The van der Waals surface area contributed by atoms with E-state index in [0.29, 0.717) is 6.61 Å². The Balaban J connectivity index is 0.00000208. The lowest BCUT2D eigenvalue weighted by Gasteiger charge is -2.12. The highest BCUT2D eigenvalue weighted by Gasteiger charge is 2.07. The molecule has 1 aromatic heterocycles. The van der Waals surface area contributed by atoms with Gasteiger partial charge in [-0.1, -0.05) is 0 Å². The van der Waals surface area contributed by atoms with Crippen LogP contribution in [0.2, 0.25) is 0 Å². The average Bonchev–Trinajstić information content (AvgIpc) is 2.56. The second-order valence-electron chi connectivity index (χ2n) is 5.28. The van der Waals surface area contributed by atoms with Crippen molar-refractivity contribution in [3.05, 3.63) is 54.2 Å². The third-order valence-corrected chi connectivity index (χ3v) is 3.59. The van der Waals surface area contributed by atoms with Crippen LogP contribution in [-0.4, -0.2) is 18.7 Å². The van der Waals surface area contributed by atoms with Crippen LogP contribution >= 0.6 is 12.4 Å². The average molecular weight is 345 g/mol. The smallest absolute Gasteiger partial charge is 0.120 e. The molecule has 0 aliphatic heterocycles. The number of hydrogen-bond donors (Lipinski definition) is 1. The number of nitrogens with zero attached hydrogens (tertiary/aromatic N) is 1. The molecule has 3 rings (SSSR count). The normalized spacial score (nSPS) is 10.1. The SMILES string of the molecule is CCOc1ccc2nc(C)cc(Nc3ccc(OC)cc3)c2c1.Cl. The van der Waals surface area contributed by atoms with Crippen LogP contribution in [0.3, 0.4) is 0 Å². The van der Waals surface area contributed by atoms with Gasteiger partial charge in [0.2, 0.25) is 0 Å². The molecule has 0 saturated carbocycles. The molecule has 0 spiro atoms. The van der Waals surface area contributed by atoms with Gasteiger partial charge in [0.1, 0.15) is 11.5 Å². The first-order valence-electron chi connectivity index (χ1n) is 7.65. The van der Waals surface area contributed by atoms with E-state index in [9.17, 15) is 0 Å². The highest BCUT2D eigenvalue weighted by Crippen LogP contribution is 2.30. The molecule has 126 valence electrons. The lowest BCUT2D eigenvalue weighted by Crippen LogP contribution is -1.96. The van der Waals surface area contributed by atoms with Crippen molar-refractivity contribution in [2.24, 2.45) is 0 Å². The van der Waals surface area contributed by atoms with Gasteiger partial charge in [-0.15, -0.1) is 12.4 Å². The zero-order valence-corrected chi connectivity index (χ0v) is 14.8. The third-order valence-electron chi connectivity index (χ3n) is 3.59. The van der Waals surface area contributed by atoms with Crippen LogP contribution in [0.15, 0.2) is 48.5 Å². The molecule has 0 atom stereocenters. The minimum Gasteiger partial charge on any atom is -0.497 e. The Kier molecular flexibility index (Phi) is 5.88. The van der Waals surface area contributed by atoms with Gasteiger partial charge in [0, 0.05) is 22.5 Å². The van der Waals surface area contributed by atoms with Crippen LogP contribution in [0.4, 0.5) is 11.4 Å². The Hall–Kier alpha value is -2.46. The molecule has 2 aromatic carbocycles. The van der Waals surface area contributed by atoms with Gasteiger partial charge in [-0.2, -0.15) is 0 Å². The molecule has 0 aliphatic carbocycles. The van der Waals surface area contributed by atoms with Crippen LogP contribution in [0.25, 0.3) is 10.9 Å². The van der Waals surface area contributed by atoms with Gasteiger partial charge < -0.3 is 14.8 Å². The number of hydrogen-bond acceptors (Lipinski definition) is 4. The molecule has 0 fully saturated rings. The predicted molar refractivity (Wildman–Crippen MR) is 101 cm³/mol. The van der Waals surface area contributed by atoms with E-state index in [4.69, 9.17) is 9.47 Å². The number of rotatable bonds is 5. The highest BCUT2D eigenvalue weighted by molar-refractivity contribution is 5.94. The van der Waals surface area contributed by atoms with E-state index < -0.39 is 0 Å². The Morgan fingerprint density at radius 2 is 1.71 bits per heavy atom. The minimum atomic E-state index is 0. The molecule has 3 aromatic rings. The molecule has 1 N–H and O–H groups in total. The first-order valence-corrected chi connectivity index (χ1v) is 7.65. The predicted octanol–water partition coefficient (Wildman–Crippen LogP) is 5.12. The van der Waals surface area contributed by atoms with Gasteiger partial charge >= 0.3 is 0 Å². The van der Waals surface area contributed by atoms with Crippen molar-refractivity contribution in [3.63, 3.8) is 0 Å². The summed E-state index contributed by atoms with van der Waals surface area (Å²) in [6, 6.07) is 15.9. The standard InChI is InChI=1S/C19H20N2O2.ClH/c1-4-23-16-9-10-18-17(12-16)19(11-13(2)20-18)21-14-5-7-15(22-3)8-6-14;/h5-12H,4H2,1-3H3,(H,20,21);1H. The van der Waals surface area contributed by atoms with Gasteiger partial charge in [0.15, 0.2) is 0 Å². The number of anilines is 2. The highest BCUT2D eigenvalue weighted by atomic mass is 35.5. The summed E-state index contributed by atoms with van der Waals surface area (Å²) in [5.41, 5.74) is 3.93. The number of aromatic nitrogens is 1. The molecular formula is C19H21ClN2O2. The number of halogens is 1. The lowest BCUT2D eigenvalue weighted by molar-refractivity contribution is 0.340.